The number of nitrogens with one attached hydrogen (secondary N) is 2. The predicted octanol–water partition coefficient (Wildman–Crippen LogP) is 3.09. The number of aromatic nitrogens is 2. The fourth-order valence-corrected chi connectivity index (χ4v) is 3.27. The van der Waals surface area contributed by atoms with Crippen LogP contribution in [-0.2, 0) is 4.74 Å². The molecule has 1 aromatic carbocycles. The lowest BCUT2D eigenvalue weighted by atomic mass is 9.99. The second kappa shape index (κ2) is 6.49. The Morgan fingerprint density at radius 3 is 2.71 bits per heavy atom. The van der Waals surface area contributed by atoms with Crippen molar-refractivity contribution in [3.63, 3.8) is 0 Å². The Balaban J connectivity index is 1.39. The van der Waals surface area contributed by atoms with Crippen molar-refractivity contribution in [1.82, 2.24) is 15.5 Å². The van der Waals surface area contributed by atoms with Crippen LogP contribution < -0.4 is 5.32 Å². The number of hydrogen-bond donors (Lipinski definition) is 2. The number of rotatable bonds is 4. The topological polar surface area (TPSA) is 80.1 Å². The van der Waals surface area contributed by atoms with E-state index in [2.05, 4.69) is 15.5 Å². The molecule has 1 amide bonds. The van der Waals surface area contributed by atoms with E-state index in [1.807, 2.05) is 0 Å². The monoisotopic (exact) mass is 345 g/mol. The third-order valence-electron chi connectivity index (χ3n) is 4.63. The minimum atomic E-state index is -0.0501. The van der Waals surface area contributed by atoms with Crippen LogP contribution in [0.15, 0.2) is 28.7 Å². The Hall–Kier alpha value is -1.99. The first-order chi connectivity index (χ1) is 11.7. The van der Waals surface area contributed by atoms with Gasteiger partial charge in [-0.25, -0.2) is 5.10 Å². The zero-order valence-corrected chi connectivity index (χ0v) is 14.0. The molecule has 2 N–H and O–H groups in total. The molecule has 6 nitrogen and oxygen atoms in total. The van der Waals surface area contributed by atoms with Crippen LogP contribution >= 0.6 is 12.2 Å². The van der Waals surface area contributed by atoms with Gasteiger partial charge in [-0.3, -0.25) is 4.79 Å². The molecule has 1 aliphatic carbocycles. The number of H-pyrrole nitrogens is 1. The summed E-state index contributed by atoms with van der Waals surface area (Å²) >= 11 is 4.86. The van der Waals surface area contributed by atoms with Crippen LogP contribution in [0.25, 0.3) is 11.5 Å². The summed E-state index contributed by atoms with van der Waals surface area (Å²) in [6.45, 7) is 0.731. The maximum atomic E-state index is 12.4. The van der Waals surface area contributed by atoms with Gasteiger partial charge >= 0.3 is 0 Å². The van der Waals surface area contributed by atoms with E-state index in [0.717, 1.165) is 25.0 Å². The molecular formula is C17H19N3O3S. The van der Waals surface area contributed by atoms with Crippen LogP contribution in [0.4, 0.5) is 0 Å². The lowest BCUT2D eigenvalue weighted by Crippen LogP contribution is -2.42. The fourth-order valence-electron chi connectivity index (χ4n) is 3.14. The zero-order chi connectivity index (χ0) is 16.5. The number of ether oxygens (including phenoxy) is 1. The first-order valence-electron chi connectivity index (χ1n) is 8.27. The molecule has 2 heterocycles. The Morgan fingerprint density at radius 1 is 1.25 bits per heavy atom. The number of amides is 1. The van der Waals surface area contributed by atoms with Gasteiger partial charge in [0.15, 0.2) is 0 Å². The molecule has 2 fully saturated rings. The Kier molecular flexibility index (Phi) is 4.20. The normalized spacial score (nSPS) is 23.8. The van der Waals surface area contributed by atoms with Gasteiger partial charge in [0.2, 0.25) is 5.89 Å². The summed E-state index contributed by atoms with van der Waals surface area (Å²) in [5.41, 5.74) is 1.40. The molecule has 0 bridgehead atoms. The predicted molar refractivity (Wildman–Crippen MR) is 90.1 cm³/mol. The number of aromatic amines is 1. The number of nitrogens with zero attached hydrogens (tertiary/aromatic N) is 1. The largest absolute Gasteiger partial charge is 0.409 e. The summed E-state index contributed by atoms with van der Waals surface area (Å²) in [5, 5.41) is 9.69. The third kappa shape index (κ3) is 3.42. The Bertz CT molecular complexity index is 779. The Morgan fingerprint density at radius 2 is 2.04 bits per heavy atom. The van der Waals surface area contributed by atoms with Crippen LogP contribution in [0.1, 0.15) is 36.0 Å². The highest BCUT2D eigenvalue weighted by atomic mass is 32.1. The van der Waals surface area contributed by atoms with Crippen molar-refractivity contribution in [2.75, 3.05) is 6.61 Å². The smallest absolute Gasteiger partial charge is 0.284 e. The molecule has 1 aromatic heterocycles. The summed E-state index contributed by atoms with van der Waals surface area (Å²) in [7, 11) is 0. The quantitative estimate of drug-likeness (QED) is 0.833. The van der Waals surface area contributed by atoms with Gasteiger partial charge in [0.05, 0.1) is 6.10 Å². The van der Waals surface area contributed by atoms with Crippen molar-refractivity contribution in [1.29, 1.82) is 0 Å². The van der Waals surface area contributed by atoms with Gasteiger partial charge < -0.3 is 14.5 Å². The minimum Gasteiger partial charge on any atom is -0.409 e. The first-order valence-corrected chi connectivity index (χ1v) is 8.68. The van der Waals surface area contributed by atoms with Crippen molar-refractivity contribution in [2.45, 2.75) is 37.8 Å². The van der Waals surface area contributed by atoms with E-state index in [-0.39, 0.29) is 16.8 Å². The molecule has 0 unspecified atom stereocenters. The molecule has 1 saturated heterocycles. The van der Waals surface area contributed by atoms with E-state index in [4.69, 9.17) is 21.4 Å². The van der Waals surface area contributed by atoms with Gasteiger partial charge in [0.25, 0.3) is 10.7 Å². The second-order valence-electron chi connectivity index (χ2n) is 6.44. The third-order valence-corrected chi connectivity index (χ3v) is 4.80. The van der Waals surface area contributed by atoms with Crippen LogP contribution in [0, 0.1) is 10.8 Å². The number of hydrogen-bond acceptors (Lipinski definition) is 5. The standard InChI is InChI=1S/C17H19N3O3S/c21-15(18-13-7-8-22-14(9-13)10-1-2-10)11-3-5-12(6-4-11)16-19-20-17(24)23-16/h3-6,10,13-14H,1-2,7-9H2,(H,18,21)(H,20,24)/t13-,14+/m1/s1. The maximum absolute atomic E-state index is 12.4. The van der Waals surface area contributed by atoms with Gasteiger partial charge in [0, 0.05) is 23.8 Å². The highest BCUT2D eigenvalue weighted by Crippen LogP contribution is 2.38. The summed E-state index contributed by atoms with van der Waals surface area (Å²) in [5.74, 6) is 1.07. The van der Waals surface area contributed by atoms with E-state index < -0.39 is 0 Å². The SMILES string of the molecule is O=C(N[C@@H]1CCO[C@H](C2CC2)C1)c1ccc(-c2n[nH]c(=S)o2)cc1. The average molecular weight is 345 g/mol. The first kappa shape index (κ1) is 15.5. The summed E-state index contributed by atoms with van der Waals surface area (Å²) in [4.78, 5) is 12.7. The summed E-state index contributed by atoms with van der Waals surface area (Å²) in [6.07, 6.45) is 4.64. The van der Waals surface area contributed by atoms with Gasteiger partial charge in [0.1, 0.15) is 0 Å². The summed E-state index contributed by atoms with van der Waals surface area (Å²) < 4.78 is 11.1. The van der Waals surface area contributed by atoms with Crippen LogP contribution in [0.5, 0.6) is 0 Å². The van der Waals surface area contributed by atoms with Gasteiger partial charge in [-0.15, -0.1) is 5.10 Å². The van der Waals surface area contributed by atoms with Crippen molar-refractivity contribution < 1.29 is 13.9 Å². The fraction of sp³-hybridized carbons (Fsp3) is 0.471. The van der Waals surface area contributed by atoms with Crippen molar-refractivity contribution >= 4 is 18.1 Å². The molecule has 2 atom stereocenters. The molecule has 7 heteroatoms. The molecule has 24 heavy (non-hydrogen) atoms. The van der Waals surface area contributed by atoms with E-state index >= 15 is 0 Å². The molecule has 0 radical (unpaired) electrons. The van der Waals surface area contributed by atoms with E-state index in [0.29, 0.717) is 23.5 Å². The minimum absolute atomic E-state index is 0.0501. The number of carbonyl (C=O) groups is 1. The molecule has 0 spiro atoms. The highest BCUT2D eigenvalue weighted by Gasteiger charge is 2.36. The Labute approximate surface area is 144 Å². The molecular weight excluding hydrogens is 326 g/mol. The molecule has 126 valence electrons. The molecule has 1 aliphatic heterocycles. The summed E-state index contributed by atoms with van der Waals surface area (Å²) in [6, 6.07) is 7.35. The van der Waals surface area contributed by atoms with Crippen LogP contribution in [0.2, 0.25) is 0 Å². The van der Waals surface area contributed by atoms with E-state index in [9.17, 15) is 4.79 Å². The lowest BCUT2D eigenvalue weighted by molar-refractivity contribution is -0.0102. The number of benzene rings is 1. The van der Waals surface area contributed by atoms with Gasteiger partial charge in [-0.05, 0) is 68.1 Å². The van der Waals surface area contributed by atoms with Crippen molar-refractivity contribution in [3.8, 4) is 11.5 Å². The van der Waals surface area contributed by atoms with Crippen molar-refractivity contribution in [2.24, 2.45) is 5.92 Å². The lowest BCUT2D eigenvalue weighted by Gasteiger charge is -2.30. The highest BCUT2D eigenvalue weighted by molar-refractivity contribution is 7.71. The second-order valence-corrected chi connectivity index (χ2v) is 6.81. The van der Waals surface area contributed by atoms with Gasteiger partial charge in [-0.1, -0.05) is 0 Å². The number of carbonyl (C=O) groups excluding carboxylic acids is 1. The molecule has 4 rings (SSSR count). The average Bonchev–Trinajstić information content (AvgIpc) is 3.37. The molecule has 2 aromatic rings. The molecule has 1 saturated carbocycles. The van der Waals surface area contributed by atoms with Crippen molar-refractivity contribution in [3.05, 3.63) is 34.7 Å². The van der Waals surface area contributed by atoms with E-state index in [1.54, 1.807) is 24.3 Å². The van der Waals surface area contributed by atoms with Gasteiger partial charge in [-0.2, -0.15) is 0 Å². The maximum Gasteiger partial charge on any atom is 0.284 e. The van der Waals surface area contributed by atoms with Crippen LogP contribution in [-0.4, -0.2) is 34.9 Å². The zero-order valence-electron chi connectivity index (χ0n) is 13.2. The molecule has 2 aliphatic rings. The van der Waals surface area contributed by atoms with Crippen LogP contribution in [0.3, 0.4) is 0 Å². The van der Waals surface area contributed by atoms with E-state index in [1.165, 1.54) is 12.8 Å².